The third kappa shape index (κ3) is 2.81. The van der Waals surface area contributed by atoms with Gasteiger partial charge in [-0.05, 0) is 43.1 Å². The van der Waals surface area contributed by atoms with Crippen LogP contribution in [0.1, 0.15) is 37.5 Å². The predicted molar refractivity (Wildman–Crippen MR) is 76.6 cm³/mol. The number of nitrogens with one attached hydrogen (secondary N) is 2. The number of hydrazine groups is 1. The summed E-state index contributed by atoms with van der Waals surface area (Å²) in [5.74, 6) is 9.62. The molecule has 2 fully saturated rings. The van der Waals surface area contributed by atoms with Crippen molar-refractivity contribution in [2.24, 2.45) is 11.8 Å². The lowest BCUT2D eigenvalue weighted by atomic mass is 9.78. The summed E-state index contributed by atoms with van der Waals surface area (Å²) in [6.45, 7) is 0.841. The van der Waals surface area contributed by atoms with Gasteiger partial charge >= 0.3 is 0 Å². The lowest BCUT2D eigenvalue weighted by Gasteiger charge is -2.44. The van der Waals surface area contributed by atoms with Crippen molar-refractivity contribution in [1.29, 1.82) is 0 Å². The number of nitrogens with zero attached hydrogens (tertiary/aromatic N) is 1. The van der Waals surface area contributed by atoms with E-state index in [0.29, 0.717) is 5.92 Å². The number of ether oxygens (including phenoxy) is 1. The Hall–Kier alpha value is -0.560. The van der Waals surface area contributed by atoms with Crippen LogP contribution in [0.3, 0.4) is 0 Å². The Labute approximate surface area is 118 Å². The van der Waals surface area contributed by atoms with Gasteiger partial charge in [-0.1, -0.05) is 0 Å². The molecule has 0 aromatic carbocycles. The van der Waals surface area contributed by atoms with Crippen molar-refractivity contribution in [3.8, 4) is 0 Å². The number of aromatic amines is 1. The second-order valence-corrected chi connectivity index (χ2v) is 6.74. The molecule has 1 aromatic rings. The van der Waals surface area contributed by atoms with Crippen LogP contribution in [0.5, 0.6) is 0 Å². The molecule has 106 valence electrons. The molecular weight excluding hydrogens is 260 g/mol. The molecule has 2 aliphatic heterocycles. The van der Waals surface area contributed by atoms with Crippen molar-refractivity contribution in [1.82, 2.24) is 15.4 Å². The van der Waals surface area contributed by atoms with Crippen LogP contribution in [0.4, 0.5) is 0 Å². The van der Waals surface area contributed by atoms with Gasteiger partial charge in [0, 0.05) is 19.0 Å². The lowest BCUT2D eigenvalue weighted by molar-refractivity contribution is -0.108. The molecule has 5 nitrogen and oxygen atoms in total. The molecule has 3 rings (SSSR count). The van der Waals surface area contributed by atoms with E-state index in [-0.39, 0.29) is 11.6 Å². The first-order valence-corrected chi connectivity index (χ1v) is 8.16. The Morgan fingerprint density at radius 1 is 1.53 bits per heavy atom. The Balaban J connectivity index is 1.73. The van der Waals surface area contributed by atoms with E-state index < -0.39 is 0 Å². The summed E-state index contributed by atoms with van der Waals surface area (Å²) in [6.07, 6.45) is 8.11. The first kappa shape index (κ1) is 13.4. The normalized spacial score (nSPS) is 28.4. The maximum Gasteiger partial charge on any atom is 0.124 e. The molecule has 0 saturated carbocycles. The van der Waals surface area contributed by atoms with Gasteiger partial charge in [-0.3, -0.25) is 5.84 Å². The monoisotopic (exact) mass is 282 g/mol. The lowest BCUT2D eigenvalue weighted by Crippen LogP contribution is -2.47. The number of imidazole rings is 1. The number of nitrogens with two attached hydrogens (primary N) is 1. The molecular formula is C13H22N4OS. The number of rotatable bonds is 3. The van der Waals surface area contributed by atoms with Gasteiger partial charge in [0.25, 0.3) is 0 Å². The molecule has 2 aliphatic rings. The van der Waals surface area contributed by atoms with Gasteiger partial charge in [-0.15, -0.1) is 0 Å². The fourth-order valence-corrected chi connectivity index (χ4v) is 4.56. The number of hydrogen-bond donors (Lipinski definition) is 3. The van der Waals surface area contributed by atoms with E-state index in [1.807, 2.05) is 18.0 Å². The highest BCUT2D eigenvalue weighted by Crippen LogP contribution is 2.42. The molecule has 0 aliphatic carbocycles. The van der Waals surface area contributed by atoms with Crippen LogP contribution in [0.25, 0.3) is 0 Å². The second-order valence-electron chi connectivity index (χ2n) is 5.52. The van der Waals surface area contributed by atoms with E-state index in [1.165, 1.54) is 24.3 Å². The Kier molecular flexibility index (Phi) is 4.12. The average Bonchev–Trinajstić information content (AvgIpc) is 2.95. The molecule has 6 heteroatoms. The first-order chi connectivity index (χ1) is 9.33. The minimum atomic E-state index is 0.0931. The molecule has 2 atom stereocenters. The smallest absolute Gasteiger partial charge is 0.124 e. The van der Waals surface area contributed by atoms with Crippen LogP contribution in [0.2, 0.25) is 0 Å². The van der Waals surface area contributed by atoms with Crippen molar-refractivity contribution < 1.29 is 4.74 Å². The van der Waals surface area contributed by atoms with Gasteiger partial charge in [0.1, 0.15) is 5.82 Å². The minimum absolute atomic E-state index is 0.0931. The minimum Gasteiger partial charge on any atom is -0.375 e. The van der Waals surface area contributed by atoms with Crippen LogP contribution in [0.15, 0.2) is 12.4 Å². The number of hydrogen-bond acceptors (Lipinski definition) is 5. The van der Waals surface area contributed by atoms with Crippen molar-refractivity contribution in [2.75, 3.05) is 18.1 Å². The zero-order valence-electron chi connectivity index (χ0n) is 11.1. The average molecular weight is 282 g/mol. The summed E-state index contributed by atoms with van der Waals surface area (Å²) in [5.41, 5.74) is 3.03. The molecule has 0 bridgehead atoms. The fraction of sp³-hybridized carbons (Fsp3) is 0.769. The van der Waals surface area contributed by atoms with E-state index >= 15 is 0 Å². The van der Waals surface area contributed by atoms with Crippen LogP contribution >= 0.6 is 11.8 Å². The predicted octanol–water partition coefficient (Wildman–Crippen LogP) is 1.61. The SMILES string of the molecule is NNC(c1ncc[nH]1)C1CCOC2(CCSCC2)C1. The summed E-state index contributed by atoms with van der Waals surface area (Å²) in [6, 6.07) is 0.102. The number of H-pyrrole nitrogens is 1. The molecule has 2 unspecified atom stereocenters. The van der Waals surface area contributed by atoms with Crippen LogP contribution in [-0.2, 0) is 4.74 Å². The van der Waals surface area contributed by atoms with E-state index in [1.54, 1.807) is 6.20 Å². The second kappa shape index (κ2) is 5.83. The summed E-state index contributed by atoms with van der Waals surface area (Å²) >= 11 is 2.04. The van der Waals surface area contributed by atoms with Crippen molar-refractivity contribution in [3.63, 3.8) is 0 Å². The van der Waals surface area contributed by atoms with Crippen LogP contribution in [-0.4, -0.2) is 33.7 Å². The zero-order chi connectivity index (χ0) is 13.1. The van der Waals surface area contributed by atoms with E-state index in [4.69, 9.17) is 10.6 Å². The molecule has 19 heavy (non-hydrogen) atoms. The summed E-state index contributed by atoms with van der Waals surface area (Å²) in [7, 11) is 0. The topological polar surface area (TPSA) is 76.0 Å². The standard InChI is InChI=1S/C13H22N4OS/c14-17-11(12-15-4-5-16-12)10-1-6-18-13(9-10)2-7-19-8-3-13/h4-5,10-11,17H,1-3,6-9,14H2,(H,15,16). The van der Waals surface area contributed by atoms with Gasteiger partial charge in [0.05, 0.1) is 11.6 Å². The van der Waals surface area contributed by atoms with Gasteiger partial charge in [0.15, 0.2) is 0 Å². The quantitative estimate of drug-likeness (QED) is 0.580. The third-order valence-corrected chi connectivity index (χ3v) is 5.39. The highest BCUT2D eigenvalue weighted by atomic mass is 32.2. The number of aromatic nitrogens is 2. The highest BCUT2D eigenvalue weighted by Gasteiger charge is 2.41. The maximum atomic E-state index is 6.14. The van der Waals surface area contributed by atoms with Crippen molar-refractivity contribution in [2.45, 2.75) is 37.3 Å². The Morgan fingerprint density at radius 2 is 2.37 bits per heavy atom. The zero-order valence-corrected chi connectivity index (χ0v) is 11.9. The van der Waals surface area contributed by atoms with Gasteiger partial charge < -0.3 is 9.72 Å². The van der Waals surface area contributed by atoms with Crippen LogP contribution < -0.4 is 11.3 Å². The van der Waals surface area contributed by atoms with Crippen molar-refractivity contribution in [3.05, 3.63) is 18.2 Å². The van der Waals surface area contributed by atoms with E-state index in [2.05, 4.69) is 15.4 Å². The van der Waals surface area contributed by atoms with E-state index in [0.717, 1.165) is 25.3 Å². The summed E-state index contributed by atoms with van der Waals surface area (Å²) < 4.78 is 6.14. The molecule has 1 spiro atoms. The molecule has 2 saturated heterocycles. The summed E-state index contributed by atoms with van der Waals surface area (Å²) in [4.78, 5) is 7.53. The maximum absolute atomic E-state index is 6.14. The van der Waals surface area contributed by atoms with Crippen LogP contribution in [0, 0.1) is 5.92 Å². The van der Waals surface area contributed by atoms with E-state index in [9.17, 15) is 0 Å². The van der Waals surface area contributed by atoms with Gasteiger partial charge in [-0.25, -0.2) is 10.4 Å². The Bertz CT molecular complexity index is 386. The van der Waals surface area contributed by atoms with Gasteiger partial charge in [0.2, 0.25) is 0 Å². The third-order valence-electron chi connectivity index (χ3n) is 4.40. The molecule has 1 aromatic heterocycles. The fourth-order valence-electron chi connectivity index (χ4n) is 3.33. The summed E-state index contributed by atoms with van der Waals surface area (Å²) in [5, 5.41) is 0. The van der Waals surface area contributed by atoms with Gasteiger partial charge in [-0.2, -0.15) is 11.8 Å². The molecule has 0 amide bonds. The molecule has 0 radical (unpaired) electrons. The highest BCUT2D eigenvalue weighted by molar-refractivity contribution is 7.99. The largest absolute Gasteiger partial charge is 0.375 e. The first-order valence-electron chi connectivity index (χ1n) is 7.00. The molecule has 3 heterocycles. The molecule has 4 N–H and O–H groups in total. The number of thioether (sulfide) groups is 1. The Morgan fingerprint density at radius 3 is 3.05 bits per heavy atom. The van der Waals surface area contributed by atoms with Crippen molar-refractivity contribution >= 4 is 11.8 Å².